The molecule has 10 nitrogen and oxygen atoms in total. The average molecular weight is 572 g/mol. The monoisotopic (exact) mass is 571 g/mol. The van der Waals surface area contributed by atoms with Gasteiger partial charge in [-0.15, -0.1) is 6.58 Å². The van der Waals surface area contributed by atoms with Crippen LogP contribution < -0.4 is 4.72 Å². The number of hydrogen-bond donors (Lipinski definition) is 1. The van der Waals surface area contributed by atoms with Crippen molar-refractivity contribution in [2.75, 3.05) is 6.54 Å². The lowest BCUT2D eigenvalue weighted by Crippen LogP contribution is -2.44. The van der Waals surface area contributed by atoms with Gasteiger partial charge in [0.2, 0.25) is 0 Å². The summed E-state index contributed by atoms with van der Waals surface area (Å²) in [4.78, 5) is 27.8. The predicted octanol–water partition coefficient (Wildman–Crippen LogP) is 2.68. The summed E-state index contributed by atoms with van der Waals surface area (Å²) in [6.45, 7) is 3.21. The van der Waals surface area contributed by atoms with Gasteiger partial charge >= 0.3 is 5.84 Å². The molecule has 2 aliphatic heterocycles. The van der Waals surface area contributed by atoms with E-state index in [4.69, 9.17) is 11.8 Å². The van der Waals surface area contributed by atoms with Gasteiger partial charge in [-0.1, -0.05) is 17.1 Å². The Bertz CT molecular complexity index is 1590. The number of hydrazone groups is 1. The molecule has 0 spiro atoms. The first-order chi connectivity index (χ1) is 17.9. The van der Waals surface area contributed by atoms with Gasteiger partial charge in [0, 0.05) is 11.8 Å². The Morgan fingerprint density at radius 2 is 1.84 bits per heavy atom. The number of nitrogens with one attached hydrogen (secondary N) is 1. The number of Topliss-reactive ketones (excluding diaryl/α,β-unsaturated/α-hetero) is 1. The molecule has 2 heterocycles. The van der Waals surface area contributed by atoms with E-state index in [2.05, 4.69) is 16.7 Å². The molecule has 0 saturated heterocycles. The molecule has 1 unspecified atom stereocenters. The van der Waals surface area contributed by atoms with E-state index in [1.807, 2.05) is 0 Å². The van der Waals surface area contributed by atoms with Crippen molar-refractivity contribution < 1.29 is 40.3 Å². The second-order valence-electron chi connectivity index (χ2n) is 7.79. The van der Waals surface area contributed by atoms with Crippen LogP contribution in [-0.4, -0.2) is 59.2 Å². The van der Waals surface area contributed by atoms with Crippen LogP contribution in [0.2, 0.25) is 0 Å². The Hall–Kier alpha value is -4.11. The molecule has 0 aromatic heterocycles. The number of carbonyl (C=O) groups is 2. The normalized spacial score (nSPS) is 17.1. The Labute approximate surface area is 217 Å². The number of hydrogen-bond acceptors (Lipinski definition) is 8. The van der Waals surface area contributed by atoms with Crippen LogP contribution in [0.3, 0.4) is 0 Å². The zero-order valence-corrected chi connectivity index (χ0v) is 20.4. The third kappa shape index (κ3) is 4.54. The van der Waals surface area contributed by atoms with Crippen LogP contribution in [0.1, 0.15) is 27.1 Å². The van der Waals surface area contributed by atoms with Crippen molar-refractivity contribution in [3.05, 3.63) is 82.6 Å². The quantitative estimate of drug-likeness (QED) is 0.136. The van der Waals surface area contributed by atoms with Gasteiger partial charge < -0.3 is 5.21 Å². The van der Waals surface area contributed by atoms with E-state index in [1.54, 1.807) is 0 Å². The fourth-order valence-electron chi connectivity index (χ4n) is 3.76. The lowest BCUT2D eigenvalue weighted by atomic mass is 10.0. The van der Waals surface area contributed by atoms with Crippen LogP contribution >= 0.6 is 11.8 Å². The summed E-state index contributed by atoms with van der Waals surface area (Å²) in [5.74, 6) is -10.7. The van der Waals surface area contributed by atoms with Gasteiger partial charge in [-0.05, 0) is 30.7 Å². The number of aliphatic imine (C=N–C) groups is 1. The largest absolute Gasteiger partial charge is 0.710 e. The van der Waals surface area contributed by atoms with E-state index in [0.717, 1.165) is 10.6 Å². The van der Waals surface area contributed by atoms with Gasteiger partial charge in [-0.2, -0.15) is 9.63 Å². The SMILES string of the molecule is C=CCC1C2=[N+]([O-])C(C(=O)c3c(F)ccc(C(=O)NS(=O)(=O)c4c(F)cccc4F)c3F)=NCC2=NN1Cl. The summed E-state index contributed by atoms with van der Waals surface area (Å²) in [6, 6.07) is 2.21. The van der Waals surface area contributed by atoms with E-state index in [-0.39, 0.29) is 29.1 Å². The number of carbonyl (C=O) groups excluding carboxylic acids is 2. The maximum atomic E-state index is 15.3. The molecule has 2 aliphatic rings. The molecular weight excluding hydrogens is 558 g/mol. The molecule has 0 radical (unpaired) electrons. The molecule has 0 fully saturated rings. The van der Waals surface area contributed by atoms with Gasteiger partial charge in [0.25, 0.3) is 21.7 Å². The predicted molar refractivity (Wildman–Crippen MR) is 126 cm³/mol. The molecule has 2 aromatic carbocycles. The molecule has 0 aliphatic carbocycles. The number of rotatable bonds is 7. The smallest absolute Gasteiger partial charge is 0.370 e. The van der Waals surface area contributed by atoms with Gasteiger partial charge in [0.05, 0.1) is 5.56 Å². The van der Waals surface area contributed by atoms with Crippen molar-refractivity contribution in [2.45, 2.75) is 17.4 Å². The molecule has 2 aromatic rings. The Morgan fingerprint density at radius 3 is 2.47 bits per heavy atom. The summed E-state index contributed by atoms with van der Waals surface area (Å²) >= 11 is 5.98. The maximum Gasteiger partial charge on any atom is 0.370 e. The zero-order valence-electron chi connectivity index (χ0n) is 18.8. The van der Waals surface area contributed by atoms with Crippen molar-refractivity contribution in [1.29, 1.82) is 0 Å². The van der Waals surface area contributed by atoms with E-state index in [1.165, 1.54) is 10.8 Å². The lowest BCUT2D eigenvalue weighted by molar-refractivity contribution is -0.324. The van der Waals surface area contributed by atoms with Gasteiger partial charge in [-0.3, -0.25) is 9.59 Å². The Balaban J connectivity index is 1.70. The molecular formula is C22H14ClF4N5O5S. The van der Waals surface area contributed by atoms with Crippen molar-refractivity contribution >= 4 is 50.7 Å². The Kier molecular flexibility index (Phi) is 7.08. The summed E-state index contributed by atoms with van der Waals surface area (Å²) in [6.07, 6.45) is 1.55. The summed E-state index contributed by atoms with van der Waals surface area (Å²) in [5.41, 5.74) is -2.56. The minimum absolute atomic E-state index is 0.0122. The van der Waals surface area contributed by atoms with Crippen LogP contribution in [-0.2, 0) is 10.0 Å². The minimum Gasteiger partial charge on any atom is -0.710 e. The van der Waals surface area contributed by atoms with E-state index >= 15 is 4.39 Å². The molecule has 1 amide bonds. The van der Waals surface area contributed by atoms with Crippen LogP contribution in [0.5, 0.6) is 0 Å². The highest BCUT2D eigenvalue weighted by molar-refractivity contribution is 7.90. The maximum absolute atomic E-state index is 15.3. The number of hydroxylamine groups is 1. The summed E-state index contributed by atoms with van der Waals surface area (Å²) in [7, 11) is -5.20. The standard InChI is InChI=1S/C22H14ClF4N5O5S/c1-2-4-15-18-14(29-32(15)23)9-28-21(31(18)35)19(33)16-11(24)8-7-10(17(16)27)22(34)30-38(36,37)20-12(25)5-3-6-13(20)26/h2-3,5-8,15H,1,4,9H2,(H,30,34). The topological polar surface area (TPSA) is 134 Å². The molecule has 38 heavy (non-hydrogen) atoms. The van der Waals surface area contributed by atoms with E-state index < -0.39 is 72.9 Å². The van der Waals surface area contributed by atoms with Gasteiger partial charge in [0.15, 0.2) is 22.9 Å². The number of ketones is 1. The van der Waals surface area contributed by atoms with Gasteiger partial charge in [0.1, 0.15) is 34.9 Å². The van der Waals surface area contributed by atoms with E-state index in [9.17, 15) is 36.4 Å². The summed E-state index contributed by atoms with van der Waals surface area (Å²) < 4.78 is 84.7. The number of amidine groups is 1. The van der Waals surface area contributed by atoms with Crippen molar-refractivity contribution in [2.24, 2.45) is 10.1 Å². The number of nitrogens with zero attached hydrogens (tertiary/aromatic N) is 4. The molecule has 1 atom stereocenters. The Morgan fingerprint density at radius 1 is 1.18 bits per heavy atom. The first kappa shape index (κ1) is 26.9. The molecule has 16 heteroatoms. The lowest BCUT2D eigenvalue weighted by Gasteiger charge is -2.20. The van der Waals surface area contributed by atoms with Crippen LogP contribution in [0, 0.1) is 28.5 Å². The van der Waals surface area contributed by atoms with Crippen LogP contribution in [0.15, 0.2) is 58.0 Å². The third-order valence-electron chi connectivity index (χ3n) is 5.45. The fraction of sp³-hybridized carbons (Fsp3) is 0.136. The highest BCUT2D eigenvalue weighted by atomic mass is 35.5. The summed E-state index contributed by atoms with van der Waals surface area (Å²) in [5, 5.41) is 16.9. The second-order valence-corrected chi connectivity index (χ2v) is 9.76. The van der Waals surface area contributed by atoms with E-state index in [0.29, 0.717) is 24.3 Å². The number of fused-ring (bicyclic) bond motifs is 1. The fourth-order valence-corrected chi connectivity index (χ4v) is 5.13. The molecule has 0 saturated carbocycles. The third-order valence-corrected chi connectivity index (χ3v) is 7.14. The first-order valence-electron chi connectivity index (χ1n) is 10.4. The zero-order chi connectivity index (χ0) is 27.9. The number of sulfonamides is 1. The molecule has 1 N–H and O–H groups in total. The second kappa shape index (κ2) is 9.98. The van der Waals surface area contributed by atoms with Crippen LogP contribution in [0.4, 0.5) is 17.6 Å². The highest BCUT2D eigenvalue weighted by Crippen LogP contribution is 2.24. The average Bonchev–Trinajstić information content (AvgIpc) is 3.14. The first-order valence-corrected chi connectivity index (χ1v) is 12.3. The van der Waals surface area contributed by atoms with Crippen LogP contribution in [0.25, 0.3) is 0 Å². The molecule has 198 valence electrons. The van der Waals surface area contributed by atoms with Crippen molar-refractivity contribution in [3.63, 3.8) is 0 Å². The number of amides is 1. The number of benzene rings is 2. The highest BCUT2D eigenvalue weighted by Gasteiger charge is 2.43. The molecule has 0 bridgehead atoms. The molecule has 4 rings (SSSR count). The van der Waals surface area contributed by atoms with Crippen molar-refractivity contribution in [1.82, 2.24) is 9.25 Å². The van der Waals surface area contributed by atoms with Crippen molar-refractivity contribution in [3.8, 4) is 0 Å². The minimum atomic E-state index is -5.20. The van der Waals surface area contributed by atoms with Gasteiger partial charge in [-0.25, -0.2) is 35.4 Å². The number of halogens is 5.